The lowest BCUT2D eigenvalue weighted by atomic mass is 9.87. The fourth-order valence-corrected chi connectivity index (χ4v) is 4.77. The zero-order valence-electron chi connectivity index (χ0n) is 16.0. The number of ether oxygens (including phenoxy) is 1. The molecule has 1 aromatic carbocycles. The number of hydrogen-bond donors (Lipinski definition) is 2. The molecule has 1 amide bonds. The molecule has 2 N–H and O–H groups in total. The van der Waals surface area contributed by atoms with Crippen LogP contribution in [-0.2, 0) is 10.0 Å². The van der Waals surface area contributed by atoms with Gasteiger partial charge in [0.05, 0.1) is 7.11 Å². The molecule has 0 heterocycles. The van der Waals surface area contributed by atoms with Crippen molar-refractivity contribution >= 4 is 15.9 Å². The molecular formula is C19H30N2O4S. The smallest absolute Gasteiger partial charge is 0.251 e. The zero-order valence-corrected chi connectivity index (χ0v) is 16.9. The Hall–Kier alpha value is -1.60. The maximum atomic E-state index is 13.0. The Morgan fingerprint density at radius 2 is 2.00 bits per heavy atom. The van der Waals surface area contributed by atoms with Gasteiger partial charge in [0.2, 0.25) is 10.0 Å². The molecule has 0 aliphatic heterocycles. The van der Waals surface area contributed by atoms with E-state index in [1.54, 1.807) is 6.07 Å². The second-order valence-electron chi connectivity index (χ2n) is 7.14. The summed E-state index contributed by atoms with van der Waals surface area (Å²) in [5.41, 5.74) is 0.308. The van der Waals surface area contributed by atoms with E-state index in [0.29, 0.717) is 11.5 Å². The predicted molar refractivity (Wildman–Crippen MR) is 102 cm³/mol. The van der Waals surface area contributed by atoms with Crippen LogP contribution < -0.4 is 14.8 Å². The Morgan fingerprint density at radius 1 is 1.31 bits per heavy atom. The molecule has 1 saturated carbocycles. The van der Waals surface area contributed by atoms with Crippen LogP contribution in [0.4, 0.5) is 0 Å². The van der Waals surface area contributed by atoms with Gasteiger partial charge >= 0.3 is 0 Å². The Labute approximate surface area is 156 Å². The highest BCUT2D eigenvalue weighted by molar-refractivity contribution is 7.89. The van der Waals surface area contributed by atoms with Crippen molar-refractivity contribution in [2.75, 3.05) is 7.11 Å². The van der Waals surface area contributed by atoms with Gasteiger partial charge in [0.15, 0.2) is 0 Å². The van der Waals surface area contributed by atoms with Crippen LogP contribution >= 0.6 is 0 Å². The van der Waals surface area contributed by atoms with Crippen molar-refractivity contribution < 1.29 is 17.9 Å². The van der Waals surface area contributed by atoms with Gasteiger partial charge in [-0.2, -0.15) is 0 Å². The molecule has 7 heteroatoms. The third kappa shape index (κ3) is 4.98. The van der Waals surface area contributed by atoms with E-state index in [2.05, 4.69) is 17.0 Å². The molecule has 1 aromatic rings. The lowest BCUT2D eigenvalue weighted by Gasteiger charge is -2.29. The van der Waals surface area contributed by atoms with Crippen LogP contribution in [-0.4, -0.2) is 33.5 Å². The summed E-state index contributed by atoms with van der Waals surface area (Å²) in [6.07, 6.45) is 4.80. The molecule has 0 spiro atoms. The first-order valence-corrected chi connectivity index (χ1v) is 10.8. The van der Waals surface area contributed by atoms with Crippen LogP contribution in [0.3, 0.4) is 0 Å². The lowest BCUT2D eigenvalue weighted by molar-refractivity contribution is 0.0939. The zero-order chi connectivity index (χ0) is 19.3. The minimum atomic E-state index is -3.78. The molecule has 1 aliphatic carbocycles. The SMILES string of the molecule is CCC(C)NC(=O)c1ccc(OC)c(S(=O)(=O)NC2CCCCC2C)c1. The quantitative estimate of drug-likeness (QED) is 0.759. The molecule has 6 nitrogen and oxygen atoms in total. The van der Waals surface area contributed by atoms with E-state index in [4.69, 9.17) is 4.74 Å². The van der Waals surface area contributed by atoms with Crippen LogP contribution in [0.15, 0.2) is 23.1 Å². The van der Waals surface area contributed by atoms with Gasteiger partial charge < -0.3 is 10.1 Å². The van der Waals surface area contributed by atoms with E-state index >= 15 is 0 Å². The Bertz CT molecular complexity index is 733. The molecule has 0 bridgehead atoms. The van der Waals surface area contributed by atoms with Gasteiger partial charge in [-0.25, -0.2) is 13.1 Å². The highest BCUT2D eigenvalue weighted by Crippen LogP contribution is 2.29. The number of hydrogen-bond acceptors (Lipinski definition) is 4. The fourth-order valence-electron chi connectivity index (χ4n) is 3.19. The molecule has 1 aliphatic rings. The lowest BCUT2D eigenvalue weighted by Crippen LogP contribution is -2.41. The third-order valence-corrected chi connectivity index (χ3v) is 6.63. The molecule has 0 saturated heterocycles. The van der Waals surface area contributed by atoms with Crippen molar-refractivity contribution in [3.63, 3.8) is 0 Å². The summed E-state index contributed by atoms with van der Waals surface area (Å²) in [4.78, 5) is 12.4. The molecule has 0 aromatic heterocycles. The van der Waals surface area contributed by atoms with E-state index in [-0.39, 0.29) is 28.6 Å². The highest BCUT2D eigenvalue weighted by atomic mass is 32.2. The van der Waals surface area contributed by atoms with Gasteiger partial charge in [0.25, 0.3) is 5.91 Å². The van der Waals surface area contributed by atoms with E-state index in [9.17, 15) is 13.2 Å². The number of sulfonamides is 1. The number of nitrogens with one attached hydrogen (secondary N) is 2. The van der Waals surface area contributed by atoms with Gasteiger partial charge in [-0.3, -0.25) is 4.79 Å². The second-order valence-corrected chi connectivity index (χ2v) is 8.82. The standard InChI is InChI=1S/C19H30N2O4S/c1-5-14(3)20-19(22)15-10-11-17(25-4)18(12-15)26(23,24)21-16-9-7-6-8-13(16)2/h10-14,16,21H,5-9H2,1-4H3,(H,20,22). The average Bonchev–Trinajstić information content (AvgIpc) is 2.62. The maximum Gasteiger partial charge on any atom is 0.251 e. The highest BCUT2D eigenvalue weighted by Gasteiger charge is 2.29. The van der Waals surface area contributed by atoms with Crippen LogP contribution in [0.1, 0.15) is 63.2 Å². The van der Waals surface area contributed by atoms with Crippen molar-refractivity contribution in [3.05, 3.63) is 23.8 Å². The molecule has 2 rings (SSSR count). The minimum Gasteiger partial charge on any atom is -0.495 e. The van der Waals surface area contributed by atoms with Crippen LogP contribution in [0.25, 0.3) is 0 Å². The van der Waals surface area contributed by atoms with Crippen molar-refractivity contribution in [2.45, 2.75) is 69.9 Å². The fraction of sp³-hybridized carbons (Fsp3) is 0.632. The van der Waals surface area contributed by atoms with E-state index in [1.807, 2.05) is 13.8 Å². The number of carbonyl (C=O) groups excluding carboxylic acids is 1. The molecular weight excluding hydrogens is 352 g/mol. The average molecular weight is 383 g/mol. The first kappa shape index (κ1) is 20.7. The first-order chi connectivity index (χ1) is 12.3. The Morgan fingerprint density at radius 3 is 2.62 bits per heavy atom. The van der Waals surface area contributed by atoms with E-state index in [0.717, 1.165) is 32.1 Å². The van der Waals surface area contributed by atoms with Gasteiger partial charge in [0.1, 0.15) is 10.6 Å². The van der Waals surface area contributed by atoms with Gasteiger partial charge in [-0.1, -0.05) is 26.7 Å². The first-order valence-electron chi connectivity index (χ1n) is 9.29. The molecule has 0 radical (unpaired) electrons. The summed E-state index contributed by atoms with van der Waals surface area (Å²) in [6, 6.07) is 4.44. The van der Waals surface area contributed by atoms with Crippen LogP contribution in [0, 0.1) is 5.92 Å². The molecule has 3 atom stereocenters. The summed E-state index contributed by atoms with van der Waals surface area (Å²) >= 11 is 0. The summed E-state index contributed by atoms with van der Waals surface area (Å²) in [5, 5.41) is 2.86. The summed E-state index contributed by atoms with van der Waals surface area (Å²) < 4.78 is 34.0. The predicted octanol–water partition coefficient (Wildman–Crippen LogP) is 3.08. The minimum absolute atomic E-state index is 0.00887. The Kier molecular flexibility index (Phi) is 7.06. The van der Waals surface area contributed by atoms with Crippen molar-refractivity contribution in [1.82, 2.24) is 10.0 Å². The van der Waals surface area contributed by atoms with E-state index < -0.39 is 10.0 Å². The number of amides is 1. The molecule has 1 fully saturated rings. The van der Waals surface area contributed by atoms with Gasteiger partial charge in [-0.15, -0.1) is 0 Å². The molecule has 3 unspecified atom stereocenters. The number of carbonyl (C=O) groups is 1. The maximum absolute atomic E-state index is 13.0. The van der Waals surface area contributed by atoms with Crippen LogP contribution in [0.5, 0.6) is 5.75 Å². The van der Waals surface area contributed by atoms with Gasteiger partial charge in [-0.05, 0) is 50.3 Å². The van der Waals surface area contributed by atoms with E-state index in [1.165, 1.54) is 19.2 Å². The second kappa shape index (κ2) is 8.86. The number of methoxy groups -OCH3 is 1. The monoisotopic (exact) mass is 382 g/mol. The molecule has 146 valence electrons. The van der Waals surface area contributed by atoms with Crippen molar-refractivity contribution in [3.8, 4) is 5.75 Å². The summed E-state index contributed by atoms with van der Waals surface area (Å²) in [6.45, 7) is 5.95. The van der Waals surface area contributed by atoms with Gasteiger partial charge in [0, 0.05) is 17.6 Å². The van der Waals surface area contributed by atoms with Crippen molar-refractivity contribution in [2.24, 2.45) is 5.92 Å². The van der Waals surface area contributed by atoms with Crippen LogP contribution in [0.2, 0.25) is 0 Å². The van der Waals surface area contributed by atoms with Crippen molar-refractivity contribution in [1.29, 1.82) is 0 Å². The summed E-state index contributed by atoms with van der Waals surface area (Å²) in [7, 11) is -2.35. The normalized spacial score (nSPS) is 21.8. The number of rotatable bonds is 7. The molecule has 26 heavy (non-hydrogen) atoms. The Balaban J connectivity index is 2.30. The largest absolute Gasteiger partial charge is 0.495 e. The topological polar surface area (TPSA) is 84.5 Å². The number of benzene rings is 1. The third-order valence-electron chi connectivity index (χ3n) is 5.12. The summed E-state index contributed by atoms with van der Waals surface area (Å²) in [5.74, 6) is 0.243.